The van der Waals surface area contributed by atoms with E-state index in [1.165, 1.54) is 12.1 Å². The second kappa shape index (κ2) is 8.82. The van der Waals surface area contributed by atoms with Crippen LogP contribution >= 0.6 is 0 Å². The number of aromatic nitrogens is 2. The van der Waals surface area contributed by atoms with Crippen LogP contribution in [0.15, 0.2) is 24.4 Å². The van der Waals surface area contributed by atoms with Gasteiger partial charge in [0.1, 0.15) is 18.5 Å². The predicted octanol–water partition coefficient (Wildman–Crippen LogP) is 4.77. The molecule has 1 aliphatic heterocycles. The average molecular weight is 437 g/mol. The minimum absolute atomic E-state index is 0.0275. The Morgan fingerprint density at radius 3 is 2.61 bits per heavy atom. The zero-order chi connectivity index (χ0) is 22.9. The van der Waals surface area contributed by atoms with Crippen molar-refractivity contribution >= 4 is 11.9 Å². The largest absolute Gasteiger partial charge is 0.447 e. The Morgan fingerprint density at radius 2 is 1.94 bits per heavy atom. The van der Waals surface area contributed by atoms with Gasteiger partial charge in [-0.05, 0) is 45.2 Å². The van der Waals surface area contributed by atoms with Crippen LogP contribution in [0.25, 0.3) is 0 Å². The molecule has 1 fully saturated rings. The number of amides is 1. The van der Waals surface area contributed by atoms with Crippen LogP contribution in [-0.2, 0) is 15.9 Å². The number of ether oxygens (including phenoxy) is 2. The first kappa shape index (κ1) is 23.0. The van der Waals surface area contributed by atoms with Crippen molar-refractivity contribution in [3.8, 4) is 0 Å². The van der Waals surface area contributed by atoms with E-state index in [1.54, 1.807) is 13.8 Å². The van der Waals surface area contributed by atoms with Gasteiger partial charge in [-0.2, -0.15) is 0 Å². The van der Waals surface area contributed by atoms with Crippen LogP contribution in [0.5, 0.6) is 0 Å². The highest BCUT2D eigenvalue weighted by Crippen LogP contribution is 2.29. The SMILES string of the molecule is C[C@H](Cc1ncc(F)c(N2C(=O)OC[C@@H]2[C@@H](C)OC(C)(C)C)n1)c1cccc(F)c1F. The molecule has 0 saturated carbocycles. The van der Waals surface area contributed by atoms with Crippen molar-refractivity contribution in [2.75, 3.05) is 11.5 Å². The Balaban J connectivity index is 1.87. The lowest BCUT2D eigenvalue weighted by Crippen LogP contribution is -2.45. The molecule has 0 radical (unpaired) electrons. The van der Waals surface area contributed by atoms with Crippen molar-refractivity contribution in [3.63, 3.8) is 0 Å². The van der Waals surface area contributed by atoms with Gasteiger partial charge < -0.3 is 9.47 Å². The summed E-state index contributed by atoms with van der Waals surface area (Å²) in [4.78, 5) is 21.7. The molecule has 0 spiro atoms. The fourth-order valence-electron chi connectivity index (χ4n) is 3.61. The lowest BCUT2D eigenvalue weighted by molar-refractivity contribution is -0.0618. The molecule has 1 aromatic heterocycles. The molecule has 1 amide bonds. The fourth-order valence-corrected chi connectivity index (χ4v) is 3.61. The van der Waals surface area contributed by atoms with Gasteiger partial charge in [0, 0.05) is 6.42 Å². The van der Waals surface area contributed by atoms with E-state index >= 15 is 0 Å². The number of rotatable bonds is 6. The standard InChI is InChI=1S/C22H26F3N3O3/c1-12(14-7-6-8-15(23)19(14)25)9-18-26-10-16(24)20(27-18)28-17(11-30-21(28)29)13(2)31-22(3,4)5/h6-8,10,12-13,17H,9,11H2,1-5H3/t12-,13-,17-/m1/s1. The number of hydrogen-bond acceptors (Lipinski definition) is 5. The molecule has 9 heteroatoms. The third kappa shape index (κ3) is 5.15. The summed E-state index contributed by atoms with van der Waals surface area (Å²) in [6.45, 7) is 9.13. The van der Waals surface area contributed by atoms with Gasteiger partial charge in [-0.25, -0.2) is 32.8 Å². The maximum Gasteiger partial charge on any atom is 0.416 e. The summed E-state index contributed by atoms with van der Waals surface area (Å²) in [6.07, 6.45) is -0.105. The summed E-state index contributed by atoms with van der Waals surface area (Å²) in [5.74, 6) is -3.18. The zero-order valence-electron chi connectivity index (χ0n) is 18.2. The molecule has 6 nitrogen and oxygen atoms in total. The number of carbonyl (C=O) groups is 1. The maximum atomic E-state index is 14.6. The van der Waals surface area contributed by atoms with Crippen LogP contribution in [0, 0.1) is 17.5 Å². The van der Waals surface area contributed by atoms with Crippen LogP contribution in [0.2, 0.25) is 0 Å². The van der Waals surface area contributed by atoms with Gasteiger partial charge in [0.15, 0.2) is 23.3 Å². The average Bonchev–Trinajstić information content (AvgIpc) is 3.05. The van der Waals surface area contributed by atoms with Crippen molar-refractivity contribution in [2.24, 2.45) is 0 Å². The Hall–Kier alpha value is -2.68. The zero-order valence-corrected chi connectivity index (χ0v) is 18.2. The highest BCUT2D eigenvalue weighted by Gasteiger charge is 2.41. The highest BCUT2D eigenvalue weighted by atomic mass is 19.2. The molecule has 2 heterocycles. The first-order valence-electron chi connectivity index (χ1n) is 10.1. The Kier molecular flexibility index (Phi) is 6.54. The van der Waals surface area contributed by atoms with E-state index in [2.05, 4.69) is 9.97 Å². The van der Waals surface area contributed by atoms with E-state index in [9.17, 15) is 18.0 Å². The van der Waals surface area contributed by atoms with Crippen LogP contribution in [0.1, 0.15) is 51.9 Å². The van der Waals surface area contributed by atoms with E-state index in [0.717, 1.165) is 17.2 Å². The lowest BCUT2D eigenvalue weighted by Gasteiger charge is -2.31. The predicted molar refractivity (Wildman–Crippen MR) is 108 cm³/mol. The van der Waals surface area contributed by atoms with Crippen molar-refractivity contribution in [1.29, 1.82) is 0 Å². The second-order valence-electron chi connectivity index (χ2n) is 8.66. The number of anilines is 1. The third-order valence-corrected chi connectivity index (χ3v) is 4.99. The molecule has 0 unspecified atom stereocenters. The van der Waals surface area contributed by atoms with Crippen LogP contribution < -0.4 is 4.90 Å². The van der Waals surface area contributed by atoms with Crippen molar-refractivity contribution < 1.29 is 27.4 Å². The maximum absolute atomic E-state index is 14.6. The smallest absolute Gasteiger partial charge is 0.416 e. The summed E-state index contributed by atoms with van der Waals surface area (Å²) in [7, 11) is 0. The summed E-state index contributed by atoms with van der Waals surface area (Å²) in [5.41, 5.74) is -0.309. The summed E-state index contributed by atoms with van der Waals surface area (Å²) >= 11 is 0. The van der Waals surface area contributed by atoms with Crippen molar-refractivity contribution in [1.82, 2.24) is 9.97 Å². The first-order chi connectivity index (χ1) is 14.5. The Bertz CT molecular complexity index is 965. The van der Waals surface area contributed by atoms with Gasteiger partial charge in [-0.15, -0.1) is 0 Å². The van der Waals surface area contributed by atoms with Crippen LogP contribution in [-0.4, -0.2) is 40.4 Å². The highest BCUT2D eigenvalue weighted by molar-refractivity contribution is 5.89. The third-order valence-electron chi connectivity index (χ3n) is 4.99. The van der Waals surface area contributed by atoms with E-state index in [4.69, 9.17) is 9.47 Å². The van der Waals surface area contributed by atoms with Gasteiger partial charge in [0.25, 0.3) is 0 Å². The van der Waals surface area contributed by atoms with Gasteiger partial charge in [-0.1, -0.05) is 19.1 Å². The van der Waals surface area contributed by atoms with Gasteiger partial charge in [0.2, 0.25) is 0 Å². The molecule has 0 bridgehead atoms. The minimum atomic E-state index is -0.944. The quantitative estimate of drug-likeness (QED) is 0.652. The molecule has 0 aliphatic carbocycles. The molecule has 2 aromatic rings. The van der Waals surface area contributed by atoms with E-state index in [0.29, 0.717) is 0 Å². The lowest BCUT2D eigenvalue weighted by atomic mass is 9.96. The first-order valence-corrected chi connectivity index (χ1v) is 10.1. The Labute approximate surface area is 179 Å². The molecule has 1 saturated heterocycles. The number of nitrogens with zero attached hydrogens (tertiary/aromatic N) is 3. The minimum Gasteiger partial charge on any atom is -0.447 e. The van der Waals surface area contributed by atoms with Crippen LogP contribution in [0.3, 0.4) is 0 Å². The molecule has 3 rings (SSSR count). The number of benzene rings is 1. The number of hydrogen-bond donors (Lipinski definition) is 0. The molecular weight excluding hydrogens is 411 g/mol. The molecule has 1 aliphatic rings. The van der Waals surface area contributed by atoms with Crippen molar-refractivity contribution in [3.05, 3.63) is 53.2 Å². The molecule has 0 N–H and O–H groups in total. The molecule has 31 heavy (non-hydrogen) atoms. The van der Waals surface area contributed by atoms with Gasteiger partial charge in [0.05, 0.1) is 17.9 Å². The summed E-state index contributed by atoms with van der Waals surface area (Å²) in [6, 6.07) is 3.36. The van der Waals surface area contributed by atoms with Crippen LogP contribution in [0.4, 0.5) is 23.8 Å². The van der Waals surface area contributed by atoms with Gasteiger partial charge in [-0.3, -0.25) is 0 Å². The second-order valence-corrected chi connectivity index (χ2v) is 8.66. The molecule has 1 aromatic carbocycles. The monoisotopic (exact) mass is 437 g/mol. The van der Waals surface area contributed by atoms with E-state index in [-0.39, 0.29) is 30.2 Å². The van der Waals surface area contributed by atoms with E-state index < -0.39 is 47.2 Å². The van der Waals surface area contributed by atoms with E-state index in [1.807, 2.05) is 20.8 Å². The molecular formula is C22H26F3N3O3. The number of halogens is 3. The summed E-state index contributed by atoms with van der Waals surface area (Å²) in [5, 5.41) is 0. The van der Waals surface area contributed by atoms with Gasteiger partial charge >= 0.3 is 6.09 Å². The number of cyclic esters (lactones) is 1. The fraction of sp³-hybridized carbons (Fsp3) is 0.500. The van der Waals surface area contributed by atoms with Crippen molar-refractivity contribution in [2.45, 2.75) is 64.7 Å². The number of carbonyl (C=O) groups excluding carboxylic acids is 1. The molecule has 168 valence electrons. The Morgan fingerprint density at radius 1 is 1.23 bits per heavy atom. The normalized spacial score (nSPS) is 18.8. The topological polar surface area (TPSA) is 64.6 Å². The summed E-state index contributed by atoms with van der Waals surface area (Å²) < 4.78 is 53.3. The molecule has 3 atom stereocenters.